The number of carbonyl (C=O) groups excluding carboxylic acids is 1. The highest BCUT2D eigenvalue weighted by Crippen LogP contribution is 2.19. The van der Waals surface area contributed by atoms with E-state index in [1.807, 2.05) is 6.92 Å². The van der Waals surface area contributed by atoms with Gasteiger partial charge in [0.1, 0.15) is 0 Å². The van der Waals surface area contributed by atoms with Crippen LogP contribution in [0.3, 0.4) is 0 Å². The molecule has 7 heteroatoms. The van der Waals surface area contributed by atoms with Crippen LogP contribution in [0.1, 0.15) is 19.8 Å². The lowest BCUT2D eigenvalue weighted by atomic mass is 10.2. The van der Waals surface area contributed by atoms with E-state index in [4.69, 9.17) is 5.11 Å². The zero-order valence-electron chi connectivity index (χ0n) is 10.8. The van der Waals surface area contributed by atoms with Crippen molar-refractivity contribution in [1.29, 1.82) is 0 Å². The molecule has 1 heterocycles. The van der Waals surface area contributed by atoms with Crippen molar-refractivity contribution in [2.45, 2.75) is 31.1 Å². The monoisotopic (exact) mass is 295 g/mol. The SMILES string of the molecule is CC(CCO)SCC(=O)N(C)C1CCS(=O)(=O)C1. The van der Waals surface area contributed by atoms with Gasteiger partial charge in [0.15, 0.2) is 9.84 Å². The molecule has 1 amide bonds. The number of nitrogens with zero attached hydrogens (tertiary/aromatic N) is 1. The molecule has 0 saturated carbocycles. The summed E-state index contributed by atoms with van der Waals surface area (Å²) in [4.78, 5) is 13.5. The van der Waals surface area contributed by atoms with Crippen molar-refractivity contribution in [3.63, 3.8) is 0 Å². The van der Waals surface area contributed by atoms with Crippen LogP contribution in [0.5, 0.6) is 0 Å². The number of sulfone groups is 1. The van der Waals surface area contributed by atoms with Gasteiger partial charge in [-0.1, -0.05) is 6.92 Å². The molecule has 0 aromatic carbocycles. The molecule has 1 saturated heterocycles. The van der Waals surface area contributed by atoms with E-state index in [0.717, 1.165) is 0 Å². The van der Waals surface area contributed by atoms with Gasteiger partial charge in [-0.15, -0.1) is 11.8 Å². The largest absolute Gasteiger partial charge is 0.396 e. The fraction of sp³-hybridized carbons (Fsp3) is 0.909. The standard InChI is InChI=1S/C11H21NO4S2/c1-9(3-5-13)17-7-11(14)12(2)10-4-6-18(15,16)8-10/h9-10,13H,3-8H2,1-2H3. The number of carbonyl (C=O) groups is 1. The van der Waals surface area contributed by atoms with E-state index in [0.29, 0.717) is 18.6 Å². The number of aliphatic hydroxyl groups excluding tert-OH is 1. The van der Waals surface area contributed by atoms with E-state index < -0.39 is 9.84 Å². The van der Waals surface area contributed by atoms with Crippen molar-refractivity contribution in [3.05, 3.63) is 0 Å². The molecule has 2 atom stereocenters. The molecular weight excluding hydrogens is 274 g/mol. The summed E-state index contributed by atoms with van der Waals surface area (Å²) in [5.41, 5.74) is 0. The summed E-state index contributed by atoms with van der Waals surface area (Å²) in [5, 5.41) is 9.00. The maximum absolute atomic E-state index is 11.9. The first kappa shape index (κ1) is 15.8. The van der Waals surface area contributed by atoms with E-state index in [2.05, 4.69) is 0 Å². The molecule has 0 spiro atoms. The molecule has 18 heavy (non-hydrogen) atoms. The van der Waals surface area contributed by atoms with Gasteiger partial charge in [-0.25, -0.2) is 8.42 Å². The minimum Gasteiger partial charge on any atom is -0.396 e. The summed E-state index contributed by atoms with van der Waals surface area (Å²) in [6.07, 6.45) is 1.21. The summed E-state index contributed by atoms with van der Waals surface area (Å²) in [7, 11) is -1.28. The molecule has 5 nitrogen and oxygen atoms in total. The lowest BCUT2D eigenvalue weighted by molar-refractivity contribution is -0.128. The molecular formula is C11H21NO4S2. The van der Waals surface area contributed by atoms with E-state index in [1.54, 1.807) is 11.9 Å². The van der Waals surface area contributed by atoms with Gasteiger partial charge in [0.25, 0.3) is 0 Å². The Bertz CT molecular complexity index is 383. The van der Waals surface area contributed by atoms with Crippen molar-refractivity contribution >= 4 is 27.5 Å². The molecule has 0 aliphatic carbocycles. The second-order valence-electron chi connectivity index (χ2n) is 4.70. The summed E-state index contributed by atoms with van der Waals surface area (Å²) in [5.74, 6) is 0.579. The third-order valence-corrected chi connectivity index (χ3v) is 6.15. The Kier molecular flexibility index (Phi) is 5.94. The molecule has 1 aliphatic heterocycles. The van der Waals surface area contributed by atoms with Gasteiger partial charge in [-0.3, -0.25) is 4.79 Å². The first-order valence-electron chi connectivity index (χ1n) is 6.04. The van der Waals surface area contributed by atoms with Gasteiger partial charge in [-0.2, -0.15) is 0 Å². The number of amides is 1. The molecule has 1 fully saturated rings. The molecule has 1 N–H and O–H groups in total. The average molecular weight is 295 g/mol. The minimum atomic E-state index is -2.95. The van der Waals surface area contributed by atoms with Crippen molar-refractivity contribution in [1.82, 2.24) is 4.90 Å². The Labute approximate surface area is 113 Å². The van der Waals surface area contributed by atoms with Crippen molar-refractivity contribution < 1.29 is 18.3 Å². The molecule has 0 aromatic rings. The summed E-state index contributed by atoms with van der Waals surface area (Å²) in [6.45, 7) is 2.09. The fourth-order valence-electron chi connectivity index (χ4n) is 1.86. The Morgan fingerprint density at radius 1 is 1.56 bits per heavy atom. The van der Waals surface area contributed by atoms with Crippen LogP contribution in [0.15, 0.2) is 0 Å². The van der Waals surface area contributed by atoms with Crippen LogP contribution in [0.25, 0.3) is 0 Å². The molecule has 106 valence electrons. The smallest absolute Gasteiger partial charge is 0.232 e. The second-order valence-corrected chi connectivity index (χ2v) is 8.35. The average Bonchev–Trinajstić information content (AvgIpc) is 2.66. The highest BCUT2D eigenvalue weighted by atomic mass is 32.2. The summed E-state index contributed by atoms with van der Waals surface area (Å²) >= 11 is 1.50. The zero-order chi connectivity index (χ0) is 13.8. The number of thioether (sulfide) groups is 1. The maximum Gasteiger partial charge on any atom is 0.232 e. The predicted molar refractivity (Wildman–Crippen MR) is 73.5 cm³/mol. The minimum absolute atomic E-state index is 0.0353. The van der Waals surface area contributed by atoms with E-state index >= 15 is 0 Å². The molecule has 1 aliphatic rings. The van der Waals surface area contributed by atoms with Gasteiger partial charge >= 0.3 is 0 Å². The molecule has 1 rings (SSSR count). The first-order chi connectivity index (χ1) is 8.35. The number of hydrogen-bond donors (Lipinski definition) is 1. The van der Waals surface area contributed by atoms with Crippen molar-refractivity contribution in [3.8, 4) is 0 Å². The lowest BCUT2D eigenvalue weighted by Gasteiger charge is -2.23. The Morgan fingerprint density at radius 2 is 2.22 bits per heavy atom. The zero-order valence-corrected chi connectivity index (χ0v) is 12.5. The third-order valence-electron chi connectivity index (χ3n) is 3.18. The van der Waals surface area contributed by atoms with Crippen LogP contribution in [0.4, 0.5) is 0 Å². The fourth-order valence-corrected chi connectivity index (χ4v) is 4.54. The van der Waals surface area contributed by atoms with Gasteiger partial charge in [-0.05, 0) is 12.8 Å². The van der Waals surface area contributed by atoms with E-state index in [9.17, 15) is 13.2 Å². The van der Waals surface area contributed by atoms with Crippen molar-refractivity contribution in [2.75, 3.05) is 30.9 Å². The van der Waals surface area contributed by atoms with Crippen LogP contribution in [-0.2, 0) is 14.6 Å². The van der Waals surface area contributed by atoms with Gasteiger partial charge in [0.05, 0.1) is 17.3 Å². The quantitative estimate of drug-likeness (QED) is 0.754. The Morgan fingerprint density at radius 3 is 2.72 bits per heavy atom. The topological polar surface area (TPSA) is 74.7 Å². The summed E-state index contributed by atoms with van der Waals surface area (Å²) < 4.78 is 22.7. The number of hydrogen-bond acceptors (Lipinski definition) is 5. The van der Waals surface area contributed by atoms with Gasteiger partial charge in [0.2, 0.25) is 5.91 Å². The highest BCUT2D eigenvalue weighted by molar-refractivity contribution is 8.00. The molecule has 0 aromatic heterocycles. The summed E-state index contributed by atoms with van der Waals surface area (Å²) in [6, 6.07) is -0.170. The first-order valence-corrected chi connectivity index (χ1v) is 8.91. The van der Waals surface area contributed by atoms with Crippen LogP contribution in [0.2, 0.25) is 0 Å². The number of rotatable bonds is 6. The highest BCUT2D eigenvalue weighted by Gasteiger charge is 2.32. The van der Waals surface area contributed by atoms with Gasteiger partial charge in [0, 0.05) is 24.9 Å². The van der Waals surface area contributed by atoms with Crippen LogP contribution in [0, 0.1) is 0 Å². The molecule has 0 radical (unpaired) electrons. The second kappa shape index (κ2) is 6.77. The van der Waals surface area contributed by atoms with Crippen LogP contribution in [-0.4, -0.2) is 66.5 Å². The van der Waals surface area contributed by atoms with Crippen LogP contribution < -0.4 is 0 Å². The van der Waals surface area contributed by atoms with Crippen molar-refractivity contribution in [2.24, 2.45) is 0 Å². The van der Waals surface area contributed by atoms with Crippen LogP contribution >= 0.6 is 11.8 Å². The normalized spacial score (nSPS) is 23.8. The lowest BCUT2D eigenvalue weighted by Crippen LogP contribution is -2.39. The third kappa shape index (κ3) is 4.78. The maximum atomic E-state index is 11.9. The van der Waals surface area contributed by atoms with E-state index in [-0.39, 0.29) is 35.3 Å². The molecule has 2 unspecified atom stereocenters. The predicted octanol–water partition coefficient (Wildman–Crippen LogP) is 0.136. The number of aliphatic hydroxyl groups is 1. The van der Waals surface area contributed by atoms with E-state index in [1.165, 1.54) is 11.8 Å². The Hall–Kier alpha value is -0.270. The Balaban J connectivity index is 2.38. The van der Waals surface area contributed by atoms with Gasteiger partial charge < -0.3 is 10.0 Å². The molecule has 0 bridgehead atoms.